The molecule has 6 heterocycles. The molecule has 4 aliphatic heterocycles. The molecule has 42 heavy (non-hydrogen) atoms. The van der Waals surface area contributed by atoms with E-state index in [-0.39, 0.29) is 25.4 Å². The fourth-order valence-corrected chi connectivity index (χ4v) is 6.74. The second-order valence-corrected chi connectivity index (χ2v) is 11.3. The SMILES string of the molecule is CC[C@@]1(O)C(=O)OCc2c1cc1n(c2=O)Cc2c-1nc1cc3c(cc1c2C=Cc1ccccc1N1CCCC1)OCO3. The molecule has 1 atom stereocenters. The highest BCUT2D eigenvalue weighted by Crippen LogP contribution is 2.43. The number of ether oxygens (including phenoxy) is 3. The first-order chi connectivity index (χ1) is 20.5. The van der Waals surface area contributed by atoms with Crippen LogP contribution in [0.15, 0.2) is 47.3 Å². The maximum absolute atomic E-state index is 13.8. The standard InChI is InChI=1S/C33H29N3O6/c1-2-33(39)24-14-27-30-22(16-36(27)31(37)23(24)17-40-32(33)38)20(21-13-28-29(42-18-41-28)15-25(21)34-30)10-9-19-7-3-4-8-26(19)35-11-5-6-12-35/h3-4,7-10,13-15,39H,2,5-6,11-12,16-18H2,1H3/t33-/m0/s1. The van der Waals surface area contributed by atoms with Crippen LogP contribution < -0.4 is 19.9 Å². The van der Waals surface area contributed by atoms with Crippen molar-refractivity contribution in [1.29, 1.82) is 0 Å². The Kier molecular flexibility index (Phi) is 5.49. The Morgan fingerprint density at radius 3 is 2.60 bits per heavy atom. The molecule has 0 unspecified atom stereocenters. The molecule has 0 radical (unpaired) electrons. The molecule has 0 spiro atoms. The zero-order chi connectivity index (χ0) is 28.6. The molecule has 9 heteroatoms. The number of pyridine rings is 2. The van der Waals surface area contributed by atoms with Crippen molar-refractivity contribution in [3.8, 4) is 22.9 Å². The number of esters is 1. The molecule has 212 valence electrons. The average molecular weight is 564 g/mol. The normalized spacial score (nSPS) is 20.2. The van der Waals surface area contributed by atoms with E-state index in [0.29, 0.717) is 46.1 Å². The van der Waals surface area contributed by atoms with E-state index in [1.807, 2.05) is 18.2 Å². The number of fused-ring (bicyclic) bond motifs is 6. The van der Waals surface area contributed by atoms with Gasteiger partial charge in [0.25, 0.3) is 5.56 Å². The van der Waals surface area contributed by atoms with Crippen molar-refractivity contribution in [1.82, 2.24) is 9.55 Å². The lowest BCUT2D eigenvalue weighted by Crippen LogP contribution is -2.44. The van der Waals surface area contributed by atoms with E-state index >= 15 is 0 Å². The molecule has 4 aromatic rings. The predicted octanol–water partition coefficient (Wildman–Crippen LogP) is 4.58. The van der Waals surface area contributed by atoms with E-state index in [2.05, 4.69) is 35.3 Å². The van der Waals surface area contributed by atoms with Crippen LogP contribution >= 0.6 is 0 Å². The minimum atomic E-state index is -1.88. The highest BCUT2D eigenvalue weighted by atomic mass is 16.7. The number of aliphatic hydroxyl groups is 1. The van der Waals surface area contributed by atoms with Gasteiger partial charge in [0.05, 0.1) is 29.0 Å². The molecule has 1 fully saturated rings. The van der Waals surface area contributed by atoms with Crippen molar-refractivity contribution >= 4 is 34.7 Å². The average Bonchev–Trinajstić information content (AvgIpc) is 3.77. The number of carbonyl (C=O) groups is 1. The lowest BCUT2D eigenvalue weighted by molar-refractivity contribution is -0.172. The third kappa shape index (κ3) is 3.56. The number of nitrogens with zero attached hydrogens (tertiary/aromatic N) is 3. The Morgan fingerprint density at radius 1 is 1.00 bits per heavy atom. The maximum Gasteiger partial charge on any atom is 0.343 e. The lowest BCUT2D eigenvalue weighted by atomic mass is 9.86. The van der Waals surface area contributed by atoms with Crippen molar-refractivity contribution in [3.05, 3.63) is 80.6 Å². The summed E-state index contributed by atoms with van der Waals surface area (Å²) in [4.78, 5) is 33.8. The molecule has 2 aromatic carbocycles. The summed E-state index contributed by atoms with van der Waals surface area (Å²) >= 11 is 0. The van der Waals surface area contributed by atoms with Crippen LogP contribution in [-0.2, 0) is 28.3 Å². The molecule has 2 aromatic heterocycles. The summed E-state index contributed by atoms with van der Waals surface area (Å²) in [6.45, 7) is 4.08. The number of para-hydroxylation sites is 1. The van der Waals surface area contributed by atoms with Crippen LogP contribution in [0.2, 0.25) is 0 Å². The number of cyclic esters (lactones) is 1. The maximum atomic E-state index is 13.8. The predicted molar refractivity (Wildman–Crippen MR) is 157 cm³/mol. The van der Waals surface area contributed by atoms with Gasteiger partial charge < -0.3 is 28.8 Å². The summed E-state index contributed by atoms with van der Waals surface area (Å²) in [5.74, 6) is 0.538. The first kappa shape index (κ1) is 25.1. The molecule has 0 amide bonds. The molecule has 4 aliphatic rings. The number of carbonyl (C=O) groups excluding carboxylic acids is 1. The third-order valence-electron chi connectivity index (χ3n) is 9.04. The van der Waals surface area contributed by atoms with E-state index in [4.69, 9.17) is 19.2 Å². The summed E-state index contributed by atoms with van der Waals surface area (Å²) in [5.41, 5.74) is 4.50. The second-order valence-electron chi connectivity index (χ2n) is 11.3. The fraction of sp³-hybridized carbons (Fsp3) is 0.303. The molecule has 0 aliphatic carbocycles. The number of hydrogen-bond acceptors (Lipinski definition) is 8. The van der Waals surface area contributed by atoms with Gasteiger partial charge in [-0.1, -0.05) is 37.3 Å². The third-order valence-corrected chi connectivity index (χ3v) is 9.04. The quantitative estimate of drug-likeness (QED) is 0.317. The minimum Gasteiger partial charge on any atom is -0.458 e. The number of benzene rings is 2. The van der Waals surface area contributed by atoms with Crippen LogP contribution in [0.4, 0.5) is 5.69 Å². The summed E-state index contributed by atoms with van der Waals surface area (Å²) in [6, 6.07) is 14.0. The van der Waals surface area contributed by atoms with Gasteiger partial charge in [-0.15, -0.1) is 0 Å². The topological polar surface area (TPSA) is 103 Å². The first-order valence-electron chi connectivity index (χ1n) is 14.4. The van der Waals surface area contributed by atoms with Gasteiger partial charge in [0.2, 0.25) is 6.79 Å². The van der Waals surface area contributed by atoms with Gasteiger partial charge >= 0.3 is 5.97 Å². The summed E-state index contributed by atoms with van der Waals surface area (Å²) < 4.78 is 18.3. The molecule has 8 rings (SSSR count). The van der Waals surface area contributed by atoms with Crippen LogP contribution in [0.1, 0.15) is 54.0 Å². The zero-order valence-corrected chi connectivity index (χ0v) is 23.2. The van der Waals surface area contributed by atoms with E-state index < -0.39 is 11.6 Å². The van der Waals surface area contributed by atoms with E-state index in [1.165, 1.54) is 18.5 Å². The van der Waals surface area contributed by atoms with E-state index in [0.717, 1.165) is 35.2 Å². The Balaban J connectivity index is 1.34. The van der Waals surface area contributed by atoms with Crippen molar-refractivity contribution in [3.63, 3.8) is 0 Å². The van der Waals surface area contributed by atoms with Crippen LogP contribution in [0.25, 0.3) is 34.4 Å². The van der Waals surface area contributed by atoms with Gasteiger partial charge in [0.1, 0.15) is 6.61 Å². The first-order valence-corrected chi connectivity index (χ1v) is 14.4. The molecule has 0 bridgehead atoms. The van der Waals surface area contributed by atoms with E-state index in [1.54, 1.807) is 17.6 Å². The largest absolute Gasteiger partial charge is 0.458 e. The zero-order valence-electron chi connectivity index (χ0n) is 23.2. The lowest BCUT2D eigenvalue weighted by Gasteiger charge is -2.31. The number of aromatic nitrogens is 2. The van der Waals surface area contributed by atoms with Crippen molar-refractivity contribution in [2.45, 2.75) is 44.9 Å². The molecular weight excluding hydrogens is 534 g/mol. The van der Waals surface area contributed by atoms with Gasteiger partial charge in [-0.05, 0) is 48.6 Å². The monoisotopic (exact) mass is 563 g/mol. The Hall–Kier alpha value is -4.63. The van der Waals surface area contributed by atoms with Crippen molar-refractivity contribution in [2.75, 3.05) is 24.8 Å². The van der Waals surface area contributed by atoms with Crippen LogP contribution in [0.3, 0.4) is 0 Å². The number of anilines is 1. The van der Waals surface area contributed by atoms with Crippen molar-refractivity contribution in [2.24, 2.45) is 0 Å². The second kappa shape index (κ2) is 9.19. The highest BCUT2D eigenvalue weighted by Gasteiger charge is 2.45. The molecular formula is C33H29N3O6. The van der Waals surface area contributed by atoms with Gasteiger partial charge in [0.15, 0.2) is 17.1 Å². The molecule has 1 saturated heterocycles. The van der Waals surface area contributed by atoms with E-state index in [9.17, 15) is 14.7 Å². The molecule has 0 saturated carbocycles. The Labute approximate surface area is 241 Å². The van der Waals surface area contributed by atoms with Gasteiger partial charge in [-0.2, -0.15) is 0 Å². The van der Waals surface area contributed by atoms with Gasteiger partial charge in [0, 0.05) is 41.4 Å². The highest BCUT2D eigenvalue weighted by molar-refractivity contribution is 5.98. The minimum absolute atomic E-state index is 0.0909. The van der Waals surface area contributed by atoms with Crippen LogP contribution in [-0.4, -0.2) is 40.5 Å². The summed E-state index contributed by atoms with van der Waals surface area (Å²) in [6.07, 6.45) is 6.70. The summed E-state index contributed by atoms with van der Waals surface area (Å²) in [5, 5.41) is 12.2. The van der Waals surface area contributed by atoms with Crippen molar-refractivity contribution < 1.29 is 24.1 Å². The van der Waals surface area contributed by atoms with Crippen LogP contribution in [0, 0.1) is 0 Å². The number of hydrogen-bond donors (Lipinski definition) is 1. The molecule has 1 N–H and O–H groups in total. The van der Waals surface area contributed by atoms with Crippen LogP contribution in [0.5, 0.6) is 11.5 Å². The smallest absolute Gasteiger partial charge is 0.343 e. The Bertz CT molecular complexity index is 1900. The summed E-state index contributed by atoms with van der Waals surface area (Å²) in [7, 11) is 0. The molecule has 9 nitrogen and oxygen atoms in total. The Morgan fingerprint density at radius 2 is 1.79 bits per heavy atom. The van der Waals surface area contributed by atoms with Gasteiger partial charge in [-0.3, -0.25) is 4.79 Å². The number of rotatable bonds is 4. The fourth-order valence-electron chi connectivity index (χ4n) is 6.74. The van der Waals surface area contributed by atoms with Gasteiger partial charge in [-0.25, -0.2) is 9.78 Å².